The van der Waals surface area contributed by atoms with Gasteiger partial charge in [-0.15, -0.1) is 0 Å². The van der Waals surface area contributed by atoms with Crippen LogP contribution in [0.15, 0.2) is 5.11 Å². The molecule has 0 spiro atoms. The SMILES string of the molecule is [N-]=[N+]=NCCN1CCC[C@H](F)C1. The highest BCUT2D eigenvalue weighted by Crippen LogP contribution is 2.11. The Balaban J connectivity index is 2.18. The summed E-state index contributed by atoms with van der Waals surface area (Å²) in [6, 6.07) is 0. The van der Waals surface area contributed by atoms with Crippen molar-refractivity contribution in [3.05, 3.63) is 10.4 Å². The lowest BCUT2D eigenvalue weighted by Crippen LogP contribution is -2.37. The van der Waals surface area contributed by atoms with Crippen LogP contribution >= 0.6 is 0 Å². The summed E-state index contributed by atoms with van der Waals surface area (Å²) in [5, 5.41) is 3.41. The molecule has 0 aromatic heterocycles. The molecular formula is C7H13FN4. The monoisotopic (exact) mass is 172 g/mol. The third-order valence-corrected chi connectivity index (χ3v) is 2.03. The number of alkyl halides is 1. The summed E-state index contributed by atoms with van der Waals surface area (Å²) < 4.78 is 12.8. The summed E-state index contributed by atoms with van der Waals surface area (Å²) in [7, 11) is 0. The van der Waals surface area contributed by atoms with Crippen molar-refractivity contribution in [1.29, 1.82) is 0 Å². The summed E-state index contributed by atoms with van der Waals surface area (Å²) in [6.45, 7) is 2.57. The minimum atomic E-state index is -0.690. The maximum Gasteiger partial charge on any atom is 0.113 e. The van der Waals surface area contributed by atoms with E-state index in [-0.39, 0.29) is 0 Å². The lowest BCUT2D eigenvalue weighted by atomic mass is 10.1. The van der Waals surface area contributed by atoms with Gasteiger partial charge in [-0.25, -0.2) is 4.39 Å². The predicted molar refractivity (Wildman–Crippen MR) is 44.6 cm³/mol. The number of nitrogens with zero attached hydrogens (tertiary/aromatic N) is 4. The molecular weight excluding hydrogens is 159 g/mol. The molecule has 0 bridgehead atoms. The summed E-state index contributed by atoms with van der Waals surface area (Å²) in [5.41, 5.74) is 8.01. The number of halogens is 1. The fraction of sp³-hybridized carbons (Fsp3) is 1.00. The first-order chi connectivity index (χ1) is 5.83. The van der Waals surface area contributed by atoms with Gasteiger partial charge in [-0.3, -0.25) is 0 Å². The van der Waals surface area contributed by atoms with Gasteiger partial charge in [0.1, 0.15) is 6.17 Å². The normalized spacial score (nSPS) is 24.9. The van der Waals surface area contributed by atoms with Gasteiger partial charge in [0, 0.05) is 24.5 Å². The van der Waals surface area contributed by atoms with E-state index in [0.717, 1.165) is 13.0 Å². The number of rotatable bonds is 3. The van der Waals surface area contributed by atoms with Gasteiger partial charge in [-0.2, -0.15) is 0 Å². The molecule has 0 amide bonds. The third-order valence-electron chi connectivity index (χ3n) is 2.03. The average molecular weight is 172 g/mol. The first kappa shape index (κ1) is 9.29. The van der Waals surface area contributed by atoms with E-state index in [1.807, 2.05) is 4.90 Å². The second-order valence-corrected chi connectivity index (χ2v) is 2.99. The lowest BCUT2D eigenvalue weighted by molar-refractivity contribution is 0.142. The summed E-state index contributed by atoms with van der Waals surface area (Å²) in [4.78, 5) is 4.65. The van der Waals surface area contributed by atoms with E-state index in [2.05, 4.69) is 10.0 Å². The van der Waals surface area contributed by atoms with E-state index < -0.39 is 6.17 Å². The summed E-state index contributed by atoms with van der Waals surface area (Å²) in [6.07, 6.45) is 0.903. The number of hydrogen-bond acceptors (Lipinski definition) is 2. The summed E-state index contributed by atoms with van der Waals surface area (Å²) >= 11 is 0. The van der Waals surface area contributed by atoms with Gasteiger partial charge in [0.15, 0.2) is 0 Å². The molecule has 1 aliphatic heterocycles. The Bertz CT molecular complexity index is 178. The van der Waals surface area contributed by atoms with Gasteiger partial charge in [-0.1, -0.05) is 5.11 Å². The van der Waals surface area contributed by atoms with Gasteiger partial charge in [0.05, 0.1) is 0 Å². The van der Waals surface area contributed by atoms with Gasteiger partial charge in [0.25, 0.3) is 0 Å². The molecule has 1 rings (SSSR count). The zero-order valence-electron chi connectivity index (χ0n) is 6.99. The van der Waals surface area contributed by atoms with Gasteiger partial charge in [0.2, 0.25) is 0 Å². The molecule has 1 aliphatic rings. The molecule has 0 aromatic carbocycles. The molecule has 1 heterocycles. The smallest absolute Gasteiger partial charge is 0.113 e. The summed E-state index contributed by atoms with van der Waals surface area (Å²) in [5.74, 6) is 0. The van der Waals surface area contributed by atoms with Crippen LogP contribution in [0.2, 0.25) is 0 Å². The van der Waals surface area contributed by atoms with Crippen molar-refractivity contribution >= 4 is 0 Å². The minimum Gasteiger partial charge on any atom is -0.300 e. The quantitative estimate of drug-likeness (QED) is 0.363. The van der Waals surface area contributed by atoms with E-state index in [1.165, 1.54) is 0 Å². The van der Waals surface area contributed by atoms with Gasteiger partial charge in [-0.05, 0) is 24.9 Å². The highest BCUT2D eigenvalue weighted by Gasteiger charge is 2.17. The molecule has 68 valence electrons. The second kappa shape index (κ2) is 4.95. The topological polar surface area (TPSA) is 52.0 Å². The van der Waals surface area contributed by atoms with E-state index in [9.17, 15) is 4.39 Å². The number of azide groups is 1. The Hall–Kier alpha value is -0.800. The lowest BCUT2D eigenvalue weighted by Gasteiger charge is -2.28. The Labute approximate surface area is 71.0 Å². The highest BCUT2D eigenvalue weighted by molar-refractivity contribution is 4.72. The van der Waals surface area contributed by atoms with Crippen LogP contribution in [0.25, 0.3) is 10.4 Å². The van der Waals surface area contributed by atoms with Crippen LogP contribution in [0, 0.1) is 0 Å². The number of piperidine rings is 1. The molecule has 0 saturated carbocycles. The first-order valence-electron chi connectivity index (χ1n) is 4.20. The minimum absolute atomic E-state index is 0.448. The molecule has 0 aromatic rings. The van der Waals surface area contributed by atoms with E-state index in [0.29, 0.717) is 26.1 Å². The maximum absolute atomic E-state index is 12.8. The van der Waals surface area contributed by atoms with Crippen LogP contribution in [-0.2, 0) is 0 Å². The highest BCUT2D eigenvalue weighted by atomic mass is 19.1. The van der Waals surface area contributed by atoms with Crippen molar-refractivity contribution in [2.75, 3.05) is 26.2 Å². The molecule has 1 fully saturated rings. The van der Waals surface area contributed by atoms with Crippen LogP contribution in [0.1, 0.15) is 12.8 Å². The van der Waals surface area contributed by atoms with Crippen molar-refractivity contribution in [3.8, 4) is 0 Å². The zero-order chi connectivity index (χ0) is 8.81. The Morgan fingerprint density at radius 1 is 1.67 bits per heavy atom. The maximum atomic E-state index is 12.8. The molecule has 0 N–H and O–H groups in total. The standard InChI is InChI=1S/C7H13FN4/c8-7-2-1-4-12(6-7)5-3-10-11-9/h7H,1-6H2/t7-/m0/s1. The van der Waals surface area contributed by atoms with Crippen LogP contribution in [0.4, 0.5) is 4.39 Å². The van der Waals surface area contributed by atoms with Crippen LogP contribution in [-0.4, -0.2) is 37.3 Å². The predicted octanol–water partition coefficient (Wildman–Crippen LogP) is 1.73. The molecule has 4 nitrogen and oxygen atoms in total. The molecule has 0 aliphatic carbocycles. The molecule has 0 unspecified atom stereocenters. The van der Waals surface area contributed by atoms with Crippen LogP contribution in [0.5, 0.6) is 0 Å². The molecule has 0 radical (unpaired) electrons. The second-order valence-electron chi connectivity index (χ2n) is 2.99. The molecule has 5 heteroatoms. The average Bonchev–Trinajstić information content (AvgIpc) is 2.05. The fourth-order valence-corrected chi connectivity index (χ4v) is 1.43. The van der Waals surface area contributed by atoms with Gasteiger partial charge < -0.3 is 4.90 Å². The zero-order valence-corrected chi connectivity index (χ0v) is 6.99. The Morgan fingerprint density at radius 3 is 3.17 bits per heavy atom. The molecule has 1 saturated heterocycles. The van der Waals surface area contributed by atoms with Crippen molar-refractivity contribution in [2.45, 2.75) is 19.0 Å². The third kappa shape index (κ3) is 3.07. The fourth-order valence-electron chi connectivity index (χ4n) is 1.43. The van der Waals surface area contributed by atoms with Crippen LogP contribution < -0.4 is 0 Å². The van der Waals surface area contributed by atoms with Crippen molar-refractivity contribution < 1.29 is 4.39 Å². The molecule has 12 heavy (non-hydrogen) atoms. The first-order valence-corrected chi connectivity index (χ1v) is 4.20. The molecule has 1 atom stereocenters. The van der Waals surface area contributed by atoms with Crippen molar-refractivity contribution in [2.24, 2.45) is 5.11 Å². The van der Waals surface area contributed by atoms with Crippen molar-refractivity contribution in [3.63, 3.8) is 0 Å². The number of hydrogen-bond donors (Lipinski definition) is 0. The van der Waals surface area contributed by atoms with E-state index in [4.69, 9.17) is 5.53 Å². The van der Waals surface area contributed by atoms with Crippen LogP contribution in [0.3, 0.4) is 0 Å². The Kier molecular flexibility index (Phi) is 3.84. The van der Waals surface area contributed by atoms with Crippen molar-refractivity contribution in [1.82, 2.24) is 4.90 Å². The largest absolute Gasteiger partial charge is 0.300 e. The van der Waals surface area contributed by atoms with Gasteiger partial charge >= 0.3 is 0 Å². The van der Waals surface area contributed by atoms with E-state index >= 15 is 0 Å². The van der Waals surface area contributed by atoms with E-state index in [1.54, 1.807) is 0 Å². The Morgan fingerprint density at radius 2 is 2.50 bits per heavy atom. The number of likely N-dealkylation sites (tertiary alicyclic amines) is 1.